The van der Waals surface area contributed by atoms with Crippen molar-refractivity contribution in [1.82, 2.24) is 9.88 Å². The van der Waals surface area contributed by atoms with Gasteiger partial charge in [-0.25, -0.2) is 13.4 Å². The van der Waals surface area contributed by atoms with Crippen molar-refractivity contribution in [3.8, 4) is 5.75 Å². The zero-order valence-electron chi connectivity index (χ0n) is 19.6. The van der Waals surface area contributed by atoms with Gasteiger partial charge in [-0.2, -0.15) is 0 Å². The number of halogens is 1. The number of amides is 1. The molecule has 0 radical (unpaired) electrons. The fourth-order valence-electron chi connectivity index (χ4n) is 4.70. The van der Waals surface area contributed by atoms with Crippen LogP contribution < -0.4 is 19.3 Å². The Morgan fingerprint density at radius 3 is 2.53 bits per heavy atom. The molecule has 2 aliphatic rings. The molecule has 1 amide bonds. The highest BCUT2D eigenvalue weighted by Gasteiger charge is 2.38. The molecule has 12 heteroatoms. The van der Waals surface area contributed by atoms with Crippen LogP contribution in [0.5, 0.6) is 5.75 Å². The Kier molecular flexibility index (Phi) is 7.07. The summed E-state index contributed by atoms with van der Waals surface area (Å²) >= 11 is 7.41. The van der Waals surface area contributed by atoms with Gasteiger partial charge in [0.15, 0.2) is 5.13 Å². The molecular weight excluding hydrogens is 522 g/mol. The van der Waals surface area contributed by atoms with Crippen LogP contribution in [0.25, 0.3) is 0 Å². The van der Waals surface area contributed by atoms with Crippen LogP contribution in [-0.2, 0) is 14.8 Å². The smallest absolute Gasteiger partial charge is 0.263 e. The first kappa shape index (κ1) is 24.8. The lowest BCUT2D eigenvalue weighted by Crippen LogP contribution is -2.52. The lowest BCUT2D eigenvalue weighted by atomic mass is 10.1. The topological polar surface area (TPSA) is 95.1 Å². The van der Waals surface area contributed by atoms with Crippen LogP contribution >= 0.6 is 22.9 Å². The van der Waals surface area contributed by atoms with E-state index in [1.807, 2.05) is 18.2 Å². The van der Waals surface area contributed by atoms with E-state index in [4.69, 9.17) is 16.3 Å². The molecule has 2 saturated heterocycles. The minimum atomic E-state index is -3.74. The number of carbonyl (C=O) groups excluding carboxylic acids is 1. The molecule has 1 N–H and O–H groups in total. The maximum atomic E-state index is 13.3. The van der Waals surface area contributed by atoms with Crippen LogP contribution in [0.3, 0.4) is 0 Å². The highest BCUT2D eigenvalue weighted by Crippen LogP contribution is 2.33. The SMILES string of the molecule is COc1ccc(Cl)cc1N1CCN([C@H]2CCN(c3ccc(S(=O)(=O)Nc4nccs4)cc3)C2=O)CC1.[HH]. The number of benzene rings is 2. The Labute approximate surface area is 220 Å². The largest absolute Gasteiger partial charge is 0.495 e. The van der Waals surface area contributed by atoms with Crippen LogP contribution in [-0.4, -0.2) is 70.1 Å². The van der Waals surface area contributed by atoms with Crippen LogP contribution in [0.1, 0.15) is 7.85 Å². The number of methoxy groups -OCH3 is 1. The second-order valence-electron chi connectivity index (χ2n) is 8.57. The average molecular weight is 550 g/mol. The third-order valence-corrected chi connectivity index (χ3v) is 8.93. The van der Waals surface area contributed by atoms with E-state index in [2.05, 4.69) is 19.5 Å². The molecule has 192 valence electrons. The van der Waals surface area contributed by atoms with Crippen LogP contribution in [0.4, 0.5) is 16.5 Å². The molecule has 2 aromatic carbocycles. The Balaban J connectivity index is 0.00000320. The highest BCUT2D eigenvalue weighted by molar-refractivity contribution is 7.93. The van der Waals surface area contributed by atoms with Crippen molar-refractivity contribution in [3.05, 3.63) is 59.1 Å². The number of piperazine rings is 1. The fourth-order valence-corrected chi connectivity index (χ4v) is 6.65. The first-order chi connectivity index (χ1) is 17.4. The summed E-state index contributed by atoms with van der Waals surface area (Å²) in [6, 6.07) is 11.8. The predicted octanol–water partition coefficient (Wildman–Crippen LogP) is 3.78. The van der Waals surface area contributed by atoms with Crippen molar-refractivity contribution < 1.29 is 19.4 Å². The summed E-state index contributed by atoms with van der Waals surface area (Å²) < 4.78 is 33.1. The molecule has 5 rings (SSSR count). The summed E-state index contributed by atoms with van der Waals surface area (Å²) in [5.74, 6) is 0.823. The minimum Gasteiger partial charge on any atom is -0.495 e. The molecule has 2 fully saturated rings. The number of rotatable bonds is 7. The van der Waals surface area contributed by atoms with Crippen LogP contribution in [0.2, 0.25) is 5.02 Å². The van der Waals surface area contributed by atoms with E-state index in [-0.39, 0.29) is 18.3 Å². The average Bonchev–Trinajstić information content (AvgIpc) is 3.53. The van der Waals surface area contributed by atoms with Crippen molar-refractivity contribution in [2.45, 2.75) is 17.4 Å². The summed E-state index contributed by atoms with van der Waals surface area (Å²) in [5, 5.41) is 2.67. The van der Waals surface area contributed by atoms with Crippen molar-refractivity contribution in [1.29, 1.82) is 0 Å². The van der Waals surface area contributed by atoms with E-state index >= 15 is 0 Å². The second kappa shape index (κ2) is 10.3. The third kappa shape index (κ3) is 5.01. The second-order valence-corrected chi connectivity index (χ2v) is 11.6. The van der Waals surface area contributed by atoms with Gasteiger partial charge in [0.2, 0.25) is 5.91 Å². The van der Waals surface area contributed by atoms with Crippen molar-refractivity contribution in [2.75, 3.05) is 54.4 Å². The number of carbonyl (C=O) groups is 1. The van der Waals surface area contributed by atoms with Crippen LogP contribution in [0, 0.1) is 0 Å². The standard InChI is InChI=1S/C24H26ClN5O4S2.H2/c1-34-22-7-2-17(25)16-21(22)29-13-11-28(12-14-29)20-8-10-30(23(20)31)18-3-5-19(6-4-18)36(32,33)27-24-26-9-15-35-24;/h2-7,9,15-16,20H,8,10-14H2,1H3,(H,26,27);1H/t20-;/m0./s1. The monoisotopic (exact) mass is 549 g/mol. The molecule has 3 heterocycles. The van der Waals surface area contributed by atoms with Crippen molar-refractivity contribution in [3.63, 3.8) is 0 Å². The Morgan fingerprint density at radius 1 is 1.11 bits per heavy atom. The number of anilines is 3. The Hall–Kier alpha value is -2.86. The summed E-state index contributed by atoms with van der Waals surface area (Å²) in [4.78, 5) is 23.6. The fraction of sp³-hybridized carbons (Fsp3) is 0.333. The number of sulfonamides is 1. The molecule has 3 aromatic rings. The molecule has 1 aromatic heterocycles. The predicted molar refractivity (Wildman–Crippen MR) is 144 cm³/mol. The number of hydrogen-bond acceptors (Lipinski definition) is 8. The number of aromatic nitrogens is 1. The van der Waals surface area contributed by atoms with Gasteiger partial charge < -0.3 is 14.5 Å². The van der Waals surface area contributed by atoms with Gasteiger partial charge in [-0.3, -0.25) is 14.4 Å². The molecule has 0 saturated carbocycles. The zero-order valence-corrected chi connectivity index (χ0v) is 22.0. The molecule has 1 atom stereocenters. The summed E-state index contributed by atoms with van der Waals surface area (Å²) in [6.07, 6.45) is 2.26. The molecular formula is C24H28ClN5O4S2. The van der Waals surface area contributed by atoms with Gasteiger partial charge in [0.1, 0.15) is 5.75 Å². The van der Waals surface area contributed by atoms with Gasteiger partial charge >= 0.3 is 0 Å². The van der Waals surface area contributed by atoms with Gasteiger partial charge in [-0.1, -0.05) is 11.6 Å². The van der Waals surface area contributed by atoms with E-state index in [0.29, 0.717) is 22.4 Å². The summed E-state index contributed by atoms with van der Waals surface area (Å²) in [7, 11) is -2.09. The molecule has 0 unspecified atom stereocenters. The van der Waals surface area contributed by atoms with Crippen LogP contribution in [0.15, 0.2) is 58.9 Å². The van der Waals surface area contributed by atoms with E-state index < -0.39 is 10.0 Å². The number of ether oxygens (including phenoxy) is 1. The first-order valence-electron chi connectivity index (χ1n) is 11.5. The first-order valence-corrected chi connectivity index (χ1v) is 14.3. The van der Waals surface area contributed by atoms with Gasteiger partial charge in [-0.15, -0.1) is 11.3 Å². The zero-order chi connectivity index (χ0) is 25.3. The lowest BCUT2D eigenvalue weighted by molar-refractivity contribution is -0.121. The molecule has 0 spiro atoms. The highest BCUT2D eigenvalue weighted by atomic mass is 35.5. The van der Waals surface area contributed by atoms with E-state index in [9.17, 15) is 13.2 Å². The van der Waals surface area contributed by atoms with Crippen molar-refractivity contribution in [2.24, 2.45) is 0 Å². The molecule has 9 nitrogen and oxygen atoms in total. The number of nitrogens with one attached hydrogen (secondary N) is 1. The van der Waals surface area contributed by atoms with Gasteiger partial charge in [0.05, 0.1) is 23.7 Å². The van der Waals surface area contributed by atoms with E-state index in [0.717, 1.165) is 44.0 Å². The molecule has 36 heavy (non-hydrogen) atoms. The maximum Gasteiger partial charge on any atom is 0.263 e. The van der Waals surface area contributed by atoms with E-state index in [1.54, 1.807) is 29.5 Å². The molecule has 0 aliphatic carbocycles. The van der Waals surface area contributed by atoms with Gasteiger partial charge in [0.25, 0.3) is 10.0 Å². The Morgan fingerprint density at radius 2 is 1.86 bits per heavy atom. The normalized spacial score (nSPS) is 19.1. The van der Waals surface area contributed by atoms with E-state index in [1.165, 1.54) is 29.7 Å². The minimum absolute atomic E-state index is 0. The summed E-state index contributed by atoms with van der Waals surface area (Å²) in [5.41, 5.74) is 1.65. The maximum absolute atomic E-state index is 13.3. The lowest BCUT2D eigenvalue weighted by Gasteiger charge is -2.38. The van der Waals surface area contributed by atoms with Gasteiger partial charge in [-0.05, 0) is 48.9 Å². The van der Waals surface area contributed by atoms with Crippen molar-refractivity contribution >= 4 is 55.4 Å². The molecule has 0 bridgehead atoms. The third-order valence-electron chi connectivity index (χ3n) is 6.53. The number of hydrogen-bond donors (Lipinski definition) is 1. The summed E-state index contributed by atoms with van der Waals surface area (Å²) in [6.45, 7) is 3.62. The quantitative estimate of drug-likeness (QED) is 0.479. The van der Waals surface area contributed by atoms with Gasteiger partial charge in [0, 0.05) is 56.4 Å². The number of thiazole rings is 1. The number of nitrogens with zero attached hydrogens (tertiary/aromatic N) is 4. The Bertz CT molecular complexity index is 1330. The molecule has 2 aliphatic heterocycles.